The fourth-order valence-electron chi connectivity index (χ4n) is 4.88. The third-order valence-electron chi connectivity index (χ3n) is 6.13. The molecule has 0 heterocycles. The highest BCUT2D eigenvalue weighted by Crippen LogP contribution is 2.52. The molecule has 2 aliphatic carbocycles. The summed E-state index contributed by atoms with van der Waals surface area (Å²) in [6, 6.07) is 7.35. The Morgan fingerprint density at radius 1 is 1.25 bits per heavy atom. The van der Waals surface area contributed by atoms with Crippen LogP contribution in [0.4, 0.5) is 0 Å². The molecule has 0 heteroatoms. The molecule has 0 nitrogen and oxygen atoms in total. The Morgan fingerprint density at radius 3 is 2.75 bits per heavy atom. The van der Waals surface area contributed by atoms with Crippen molar-refractivity contribution in [3.63, 3.8) is 0 Å². The molecule has 20 heavy (non-hydrogen) atoms. The Morgan fingerprint density at radius 2 is 2.05 bits per heavy atom. The zero-order chi connectivity index (χ0) is 14.3. The Labute approximate surface area is 125 Å². The highest BCUT2D eigenvalue weighted by molar-refractivity contribution is 5.41. The van der Waals surface area contributed by atoms with Crippen molar-refractivity contribution in [2.24, 2.45) is 11.8 Å². The van der Waals surface area contributed by atoms with E-state index in [9.17, 15) is 0 Å². The largest absolute Gasteiger partial charge is 0.0620 e. The summed E-state index contributed by atoms with van der Waals surface area (Å²) in [4.78, 5) is 0. The number of rotatable bonds is 2. The van der Waals surface area contributed by atoms with E-state index < -0.39 is 0 Å². The third kappa shape index (κ3) is 2.12. The van der Waals surface area contributed by atoms with E-state index >= 15 is 0 Å². The lowest BCUT2D eigenvalue weighted by atomic mass is 9.54. The zero-order valence-corrected chi connectivity index (χ0v) is 13.6. The number of hydrogen-bond donors (Lipinski definition) is 0. The Hall–Kier alpha value is -0.780. The molecule has 1 aromatic carbocycles. The molecule has 1 radical (unpaired) electrons. The Bertz CT molecular complexity index is 485. The van der Waals surface area contributed by atoms with Gasteiger partial charge in [-0.1, -0.05) is 52.3 Å². The van der Waals surface area contributed by atoms with Crippen molar-refractivity contribution in [3.05, 3.63) is 41.3 Å². The van der Waals surface area contributed by atoms with Crippen LogP contribution in [-0.4, -0.2) is 0 Å². The lowest BCUT2D eigenvalue weighted by Gasteiger charge is -2.50. The minimum absolute atomic E-state index is 0.429. The van der Waals surface area contributed by atoms with Gasteiger partial charge < -0.3 is 0 Å². The zero-order valence-electron chi connectivity index (χ0n) is 13.6. The van der Waals surface area contributed by atoms with Crippen LogP contribution in [-0.2, 0) is 11.8 Å². The van der Waals surface area contributed by atoms with Crippen LogP contribution in [0.1, 0.15) is 76.0 Å². The molecule has 3 unspecified atom stereocenters. The number of fused-ring (bicyclic) bond motifs is 3. The van der Waals surface area contributed by atoms with E-state index in [4.69, 9.17) is 0 Å². The highest BCUT2D eigenvalue weighted by atomic mass is 14.5. The summed E-state index contributed by atoms with van der Waals surface area (Å²) in [6.45, 7) is 9.42. The van der Waals surface area contributed by atoms with Crippen molar-refractivity contribution in [2.75, 3.05) is 0 Å². The van der Waals surface area contributed by atoms with Crippen molar-refractivity contribution >= 4 is 0 Å². The summed E-state index contributed by atoms with van der Waals surface area (Å²) in [7, 11) is 0. The number of aryl methyl sites for hydroxylation is 1. The molecule has 0 spiro atoms. The molecule has 1 saturated carbocycles. The minimum Gasteiger partial charge on any atom is -0.0620 e. The van der Waals surface area contributed by atoms with E-state index in [-0.39, 0.29) is 0 Å². The summed E-state index contributed by atoms with van der Waals surface area (Å²) < 4.78 is 0. The minimum atomic E-state index is 0.429. The molecule has 0 N–H and O–H groups in total. The van der Waals surface area contributed by atoms with E-state index in [1.807, 2.05) is 0 Å². The third-order valence-corrected chi connectivity index (χ3v) is 6.13. The van der Waals surface area contributed by atoms with Gasteiger partial charge in [-0.2, -0.15) is 0 Å². The first-order valence-corrected chi connectivity index (χ1v) is 8.49. The summed E-state index contributed by atoms with van der Waals surface area (Å²) in [5, 5.41) is 0. The maximum atomic E-state index is 2.54. The quantitative estimate of drug-likeness (QED) is 0.650. The molecule has 109 valence electrons. The second-order valence-corrected chi connectivity index (χ2v) is 7.52. The summed E-state index contributed by atoms with van der Waals surface area (Å²) in [5.74, 6) is 2.36. The van der Waals surface area contributed by atoms with Crippen LogP contribution < -0.4 is 0 Å². The van der Waals surface area contributed by atoms with Crippen molar-refractivity contribution in [1.29, 1.82) is 0 Å². The van der Waals surface area contributed by atoms with Crippen LogP contribution in [0.25, 0.3) is 0 Å². The lowest BCUT2D eigenvalue weighted by Crippen LogP contribution is -2.44. The molecule has 0 bridgehead atoms. The van der Waals surface area contributed by atoms with Crippen LogP contribution in [0.3, 0.4) is 0 Å². The molecule has 0 amide bonds. The fraction of sp³-hybridized carbons (Fsp3) is 0.650. The Kier molecular flexibility index (Phi) is 3.69. The monoisotopic (exact) mass is 269 g/mol. The predicted molar refractivity (Wildman–Crippen MR) is 87.0 cm³/mol. The van der Waals surface area contributed by atoms with Crippen LogP contribution >= 0.6 is 0 Å². The molecule has 3 rings (SSSR count). The topological polar surface area (TPSA) is 0 Å². The van der Waals surface area contributed by atoms with Crippen molar-refractivity contribution in [1.82, 2.24) is 0 Å². The van der Waals surface area contributed by atoms with Gasteiger partial charge in [0.05, 0.1) is 0 Å². The smallest absolute Gasteiger partial charge is 0.00414 e. The van der Waals surface area contributed by atoms with Gasteiger partial charge >= 0.3 is 0 Å². The van der Waals surface area contributed by atoms with Crippen molar-refractivity contribution < 1.29 is 0 Å². The number of hydrogen-bond acceptors (Lipinski definition) is 0. The standard InChI is InChI=1S/C20H29/c1-5-15-7-6-12-20(4)18(15)11-9-17-13-16(14(2)3)8-10-19(17)20/h5,8,10,13-15,18H,6-7,9,11-12H2,1-4H3. The van der Waals surface area contributed by atoms with Gasteiger partial charge in [0, 0.05) is 0 Å². The first-order chi connectivity index (χ1) is 9.56. The SMILES string of the molecule is C[CH]C1CCCC2(C)c3ccc(C(C)C)cc3CCC12. The number of benzene rings is 1. The van der Waals surface area contributed by atoms with Crippen LogP contribution in [0.15, 0.2) is 18.2 Å². The van der Waals surface area contributed by atoms with Gasteiger partial charge in [0.25, 0.3) is 0 Å². The summed E-state index contributed by atoms with van der Waals surface area (Å²) in [5.41, 5.74) is 5.26. The molecular weight excluding hydrogens is 240 g/mol. The molecule has 2 aliphatic rings. The molecule has 0 saturated heterocycles. The highest BCUT2D eigenvalue weighted by Gasteiger charge is 2.45. The molecular formula is C20H29. The van der Waals surface area contributed by atoms with Gasteiger partial charge in [-0.15, -0.1) is 0 Å². The first kappa shape index (κ1) is 14.2. The molecule has 1 aromatic rings. The van der Waals surface area contributed by atoms with Gasteiger partial charge in [0.2, 0.25) is 0 Å². The van der Waals surface area contributed by atoms with E-state index in [1.165, 1.54) is 37.7 Å². The average Bonchev–Trinajstić information content (AvgIpc) is 2.45. The first-order valence-electron chi connectivity index (χ1n) is 8.49. The normalized spacial score (nSPS) is 32.9. The molecule has 0 aliphatic heterocycles. The van der Waals surface area contributed by atoms with Crippen molar-refractivity contribution in [2.45, 2.75) is 71.1 Å². The van der Waals surface area contributed by atoms with E-state index in [1.54, 1.807) is 11.1 Å². The van der Waals surface area contributed by atoms with Crippen LogP contribution in [0.5, 0.6) is 0 Å². The fourth-order valence-corrected chi connectivity index (χ4v) is 4.88. The van der Waals surface area contributed by atoms with Crippen molar-refractivity contribution in [3.8, 4) is 0 Å². The van der Waals surface area contributed by atoms with Gasteiger partial charge in [0.15, 0.2) is 0 Å². The second-order valence-electron chi connectivity index (χ2n) is 7.52. The van der Waals surface area contributed by atoms with Gasteiger partial charge in [-0.05, 0) is 72.0 Å². The summed E-state index contributed by atoms with van der Waals surface area (Å²) >= 11 is 0. The second kappa shape index (κ2) is 5.20. The van der Waals surface area contributed by atoms with E-state index in [0.29, 0.717) is 11.3 Å². The summed E-state index contributed by atoms with van der Waals surface area (Å²) in [6.07, 6.45) is 9.36. The maximum absolute atomic E-state index is 2.54. The van der Waals surface area contributed by atoms with E-state index in [0.717, 1.165) is 11.8 Å². The van der Waals surface area contributed by atoms with Gasteiger partial charge in [-0.25, -0.2) is 0 Å². The van der Waals surface area contributed by atoms with Gasteiger partial charge in [0.1, 0.15) is 0 Å². The molecule has 0 aromatic heterocycles. The predicted octanol–water partition coefficient (Wildman–Crippen LogP) is 5.65. The lowest BCUT2D eigenvalue weighted by molar-refractivity contribution is 0.125. The Balaban J connectivity index is 2.01. The van der Waals surface area contributed by atoms with Gasteiger partial charge in [-0.3, -0.25) is 0 Å². The van der Waals surface area contributed by atoms with Crippen LogP contribution in [0, 0.1) is 18.3 Å². The maximum Gasteiger partial charge on any atom is -0.00414 e. The molecule has 1 fully saturated rings. The van der Waals surface area contributed by atoms with E-state index in [2.05, 4.69) is 52.3 Å². The molecule has 3 atom stereocenters. The van der Waals surface area contributed by atoms with Crippen LogP contribution in [0.2, 0.25) is 0 Å². The average molecular weight is 269 g/mol.